The molecule has 0 aliphatic rings. The van der Waals surface area contributed by atoms with Gasteiger partial charge < -0.3 is 0 Å². The Bertz CT molecular complexity index is 461. The normalized spacial score (nSPS) is 12.9. The zero-order valence-electron chi connectivity index (χ0n) is 9.34. The molecule has 0 saturated carbocycles. The predicted octanol–water partition coefficient (Wildman–Crippen LogP) is 1.75. The summed E-state index contributed by atoms with van der Waals surface area (Å²) < 4.78 is 3.50. The number of aromatic nitrogens is 5. The van der Waals surface area contributed by atoms with E-state index in [9.17, 15) is 0 Å². The van der Waals surface area contributed by atoms with Crippen LogP contribution in [-0.4, -0.2) is 24.8 Å². The Hall–Kier alpha value is -1.36. The standard InChI is InChI=1S/C10H14ClN5/c1-3-10(11)8-4-12-16(5-8)7-9-6-15(2)14-13-9/h4-6,10H,3,7H2,1-2H3. The first-order valence-corrected chi connectivity index (χ1v) is 5.64. The van der Waals surface area contributed by atoms with Crippen molar-refractivity contribution in [2.75, 3.05) is 0 Å². The van der Waals surface area contributed by atoms with Gasteiger partial charge in [-0.15, -0.1) is 16.7 Å². The summed E-state index contributed by atoms with van der Waals surface area (Å²) in [4.78, 5) is 0. The highest BCUT2D eigenvalue weighted by Crippen LogP contribution is 2.22. The molecule has 0 fully saturated rings. The number of nitrogens with zero attached hydrogens (tertiary/aromatic N) is 5. The van der Waals surface area contributed by atoms with E-state index in [1.165, 1.54) is 0 Å². The van der Waals surface area contributed by atoms with Gasteiger partial charge >= 0.3 is 0 Å². The molecule has 0 radical (unpaired) electrons. The highest BCUT2D eigenvalue weighted by Gasteiger charge is 2.08. The summed E-state index contributed by atoms with van der Waals surface area (Å²) in [5.41, 5.74) is 1.94. The Labute approximate surface area is 99.0 Å². The fraction of sp³-hybridized carbons (Fsp3) is 0.500. The second-order valence-corrected chi connectivity index (χ2v) is 4.26. The van der Waals surface area contributed by atoms with Crippen molar-refractivity contribution in [3.05, 3.63) is 29.8 Å². The van der Waals surface area contributed by atoms with Gasteiger partial charge in [-0.3, -0.25) is 9.36 Å². The van der Waals surface area contributed by atoms with Gasteiger partial charge in [-0.2, -0.15) is 5.10 Å². The number of alkyl halides is 1. The summed E-state index contributed by atoms with van der Waals surface area (Å²) in [6.45, 7) is 2.68. The van der Waals surface area contributed by atoms with Crippen molar-refractivity contribution < 1.29 is 0 Å². The number of hydrogen-bond acceptors (Lipinski definition) is 3. The molecule has 0 aliphatic heterocycles. The van der Waals surface area contributed by atoms with Gasteiger partial charge in [0.2, 0.25) is 0 Å². The van der Waals surface area contributed by atoms with E-state index in [0.29, 0.717) is 6.54 Å². The molecule has 5 nitrogen and oxygen atoms in total. The van der Waals surface area contributed by atoms with Gasteiger partial charge in [0, 0.05) is 25.0 Å². The van der Waals surface area contributed by atoms with Crippen LogP contribution in [0.4, 0.5) is 0 Å². The fourth-order valence-corrected chi connectivity index (χ4v) is 1.61. The third-order valence-electron chi connectivity index (χ3n) is 2.35. The molecule has 2 aromatic rings. The smallest absolute Gasteiger partial charge is 0.104 e. The molecule has 2 rings (SSSR count). The molecule has 0 saturated heterocycles. The van der Waals surface area contributed by atoms with E-state index >= 15 is 0 Å². The van der Waals surface area contributed by atoms with Crippen LogP contribution in [-0.2, 0) is 13.6 Å². The van der Waals surface area contributed by atoms with E-state index in [1.54, 1.807) is 10.9 Å². The van der Waals surface area contributed by atoms with Crippen molar-refractivity contribution in [2.24, 2.45) is 7.05 Å². The molecule has 0 bridgehead atoms. The van der Waals surface area contributed by atoms with Crippen molar-refractivity contribution in [1.82, 2.24) is 24.8 Å². The van der Waals surface area contributed by atoms with Crippen LogP contribution >= 0.6 is 11.6 Å². The van der Waals surface area contributed by atoms with Gasteiger partial charge in [-0.05, 0) is 6.42 Å². The Morgan fingerprint density at radius 3 is 2.88 bits per heavy atom. The summed E-state index contributed by atoms with van der Waals surface area (Å²) in [5, 5.41) is 12.2. The number of rotatable bonds is 4. The average molecular weight is 240 g/mol. The largest absolute Gasteiger partial charge is 0.266 e. The van der Waals surface area contributed by atoms with Gasteiger partial charge in [-0.25, -0.2) is 0 Å². The highest BCUT2D eigenvalue weighted by atomic mass is 35.5. The zero-order chi connectivity index (χ0) is 11.5. The first-order chi connectivity index (χ1) is 7.69. The molecule has 1 atom stereocenters. The fourth-order valence-electron chi connectivity index (χ4n) is 1.50. The lowest BCUT2D eigenvalue weighted by Crippen LogP contribution is -2.00. The minimum Gasteiger partial charge on any atom is -0.266 e. The van der Waals surface area contributed by atoms with Crippen LogP contribution < -0.4 is 0 Å². The van der Waals surface area contributed by atoms with E-state index in [-0.39, 0.29) is 5.38 Å². The highest BCUT2D eigenvalue weighted by molar-refractivity contribution is 6.20. The molecular weight excluding hydrogens is 226 g/mol. The second-order valence-electron chi connectivity index (χ2n) is 3.73. The van der Waals surface area contributed by atoms with E-state index in [4.69, 9.17) is 11.6 Å². The predicted molar refractivity (Wildman–Crippen MR) is 61.2 cm³/mol. The first-order valence-electron chi connectivity index (χ1n) is 5.20. The van der Waals surface area contributed by atoms with E-state index in [2.05, 4.69) is 22.3 Å². The van der Waals surface area contributed by atoms with Crippen LogP contribution in [0.15, 0.2) is 18.6 Å². The van der Waals surface area contributed by atoms with Crippen molar-refractivity contribution in [3.63, 3.8) is 0 Å². The number of hydrogen-bond donors (Lipinski definition) is 0. The van der Waals surface area contributed by atoms with Gasteiger partial charge in [-0.1, -0.05) is 12.1 Å². The van der Waals surface area contributed by atoms with Gasteiger partial charge in [0.15, 0.2) is 0 Å². The van der Waals surface area contributed by atoms with Gasteiger partial charge in [0.25, 0.3) is 0 Å². The van der Waals surface area contributed by atoms with Crippen LogP contribution in [0.1, 0.15) is 30.0 Å². The molecule has 0 aliphatic carbocycles. The monoisotopic (exact) mass is 239 g/mol. The molecule has 0 spiro atoms. The molecule has 16 heavy (non-hydrogen) atoms. The van der Waals surface area contributed by atoms with Gasteiger partial charge in [0.1, 0.15) is 5.69 Å². The Kier molecular flexibility index (Phi) is 3.24. The minimum absolute atomic E-state index is 0.0376. The van der Waals surface area contributed by atoms with Crippen molar-refractivity contribution >= 4 is 11.6 Å². The maximum atomic E-state index is 6.13. The zero-order valence-corrected chi connectivity index (χ0v) is 10.1. The quantitative estimate of drug-likeness (QED) is 0.764. The Morgan fingerprint density at radius 2 is 2.25 bits per heavy atom. The summed E-state index contributed by atoms with van der Waals surface area (Å²) in [5.74, 6) is 0. The number of aryl methyl sites for hydroxylation is 1. The summed E-state index contributed by atoms with van der Waals surface area (Å²) in [7, 11) is 1.84. The number of halogens is 1. The summed E-state index contributed by atoms with van der Waals surface area (Å²) in [6, 6.07) is 0. The maximum absolute atomic E-state index is 6.13. The summed E-state index contributed by atoms with van der Waals surface area (Å²) in [6.07, 6.45) is 6.53. The minimum atomic E-state index is 0.0376. The van der Waals surface area contributed by atoms with Crippen LogP contribution in [0.3, 0.4) is 0 Å². The van der Waals surface area contributed by atoms with Gasteiger partial charge in [0.05, 0.1) is 18.1 Å². The van der Waals surface area contributed by atoms with E-state index in [1.807, 2.05) is 24.1 Å². The summed E-state index contributed by atoms with van der Waals surface area (Å²) >= 11 is 6.13. The Morgan fingerprint density at radius 1 is 1.44 bits per heavy atom. The third kappa shape index (κ3) is 2.41. The molecular formula is C10H14ClN5. The molecule has 2 heterocycles. The van der Waals surface area contributed by atoms with Crippen LogP contribution in [0, 0.1) is 0 Å². The molecule has 1 unspecified atom stereocenters. The maximum Gasteiger partial charge on any atom is 0.104 e. The molecule has 2 aromatic heterocycles. The Balaban J connectivity index is 2.08. The lowest BCUT2D eigenvalue weighted by molar-refractivity contribution is 0.666. The molecule has 6 heteroatoms. The van der Waals surface area contributed by atoms with Crippen molar-refractivity contribution in [2.45, 2.75) is 25.3 Å². The second kappa shape index (κ2) is 4.65. The van der Waals surface area contributed by atoms with Crippen LogP contribution in [0.2, 0.25) is 0 Å². The van der Waals surface area contributed by atoms with E-state index < -0.39 is 0 Å². The van der Waals surface area contributed by atoms with Crippen molar-refractivity contribution in [1.29, 1.82) is 0 Å². The molecule has 0 aromatic carbocycles. The lowest BCUT2D eigenvalue weighted by Gasteiger charge is -2.00. The first kappa shape index (κ1) is 11.1. The SMILES string of the molecule is CCC(Cl)c1cnn(Cc2cn(C)nn2)c1. The van der Waals surface area contributed by atoms with Crippen LogP contribution in [0.5, 0.6) is 0 Å². The lowest BCUT2D eigenvalue weighted by atomic mass is 10.2. The van der Waals surface area contributed by atoms with Crippen molar-refractivity contribution in [3.8, 4) is 0 Å². The van der Waals surface area contributed by atoms with Crippen LogP contribution in [0.25, 0.3) is 0 Å². The third-order valence-corrected chi connectivity index (χ3v) is 2.91. The molecule has 0 amide bonds. The molecule has 0 N–H and O–H groups in total. The molecule has 86 valence electrons. The average Bonchev–Trinajstić information content (AvgIpc) is 2.87. The topological polar surface area (TPSA) is 48.5 Å². The van der Waals surface area contributed by atoms with E-state index in [0.717, 1.165) is 17.7 Å².